The van der Waals surface area contributed by atoms with Crippen molar-refractivity contribution in [2.75, 3.05) is 13.7 Å². The van der Waals surface area contributed by atoms with Crippen LogP contribution in [-0.2, 0) is 16.0 Å². The highest BCUT2D eigenvalue weighted by Crippen LogP contribution is 2.12. The number of hydrogen-bond donors (Lipinski definition) is 0. The minimum atomic E-state index is 0.231. The molecule has 0 aliphatic carbocycles. The van der Waals surface area contributed by atoms with Gasteiger partial charge in [0.15, 0.2) is 0 Å². The highest BCUT2D eigenvalue weighted by Gasteiger charge is 2.03. The molecule has 0 N–H and O–H groups in total. The number of Topliss-reactive ketones (excluding diaryl/α,β-unsaturated/α-hetero) is 1. The molecule has 15 heavy (non-hydrogen) atoms. The molecule has 0 heterocycles. The first-order chi connectivity index (χ1) is 7.22. The highest BCUT2D eigenvalue weighted by atomic mass is 35.5. The number of ketones is 1. The standard InChI is InChI=1S/C12H15ClO2/c1-15-7-3-6-12(14)9-10-4-2-5-11(13)8-10/h2,4-5,8H,3,6-7,9H2,1H3. The molecule has 0 radical (unpaired) electrons. The summed E-state index contributed by atoms with van der Waals surface area (Å²) in [6, 6.07) is 7.41. The normalized spacial score (nSPS) is 10.3. The minimum absolute atomic E-state index is 0.231. The maximum atomic E-state index is 11.5. The lowest BCUT2D eigenvalue weighted by Crippen LogP contribution is -2.04. The third-order valence-corrected chi connectivity index (χ3v) is 2.33. The number of rotatable bonds is 6. The maximum Gasteiger partial charge on any atom is 0.137 e. The Hall–Kier alpha value is -0.860. The molecule has 3 heteroatoms. The number of hydrogen-bond acceptors (Lipinski definition) is 2. The highest BCUT2D eigenvalue weighted by molar-refractivity contribution is 6.30. The third-order valence-electron chi connectivity index (χ3n) is 2.09. The zero-order valence-electron chi connectivity index (χ0n) is 8.83. The van der Waals surface area contributed by atoms with E-state index < -0.39 is 0 Å². The zero-order chi connectivity index (χ0) is 11.1. The molecule has 0 aromatic heterocycles. The number of ether oxygens (including phenoxy) is 1. The van der Waals surface area contributed by atoms with Crippen LogP contribution in [0.2, 0.25) is 5.02 Å². The molecule has 0 saturated heterocycles. The zero-order valence-corrected chi connectivity index (χ0v) is 9.59. The fourth-order valence-electron chi connectivity index (χ4n) is 1.38. The van der Waals surface area contributed by atoms with Gasteiger partial charge in [0.05, 0.1) is 0 Å². The molecule has 1 aromatic rings. The molecule has 0 bridgehead atoms. The molecule has 0 atom stereocenters. The van der Waals surface area contributed by atoms with Gasteiger partial charge in [-0.1, -0.05) is 23.7 Å². The van der Waals surface area contributed by atoms with E-state index in [1.54, 1.807) is 13.2 Å². The first kappa shape index (κ1) is 12.2. The fourth-order valence-corrected chi connectivity index (χ4v) is 1.59. The molecule has 0 spiro atoms. The van der Waals surface area contributed by atoms with E-state index in [9.17, 15) is 4.79 Å². The van der Waals surface area contributed by atoms with Gasteiger partial charge in [0.25, 0.3) is 0 Å². The van der Waals surface area contributed by atoms with Crippen LogP contribution >= 0.6 is 11.6 Å². The predicted molar refractivity (Wildman–Crippen MR) is 61.3 cm³/mol. The van der Waals surface area contributed by atoms with E-state index in [0.717, 1.165) is 12.0 Å². The van der Waals surface area contributed by atoms with Gasteiger partial charge in [0, 0.05) is 31.6 Å². The van der Waals surface area contributed by atoms with Gasteiger partial charge in [0.2, 0.25) is 0 Å². The molecule has 0 amide bonds. The van der Waals surface area contributed by atoms with Gasteiger partial charge in [-0.15, -0.1) is 0 Å². The maximum absolute atomic E-state index is 11.5. The summed E-state index contributed by atoms with van der Waals surface area (Å²) < 4.78 is 4.89. The summed E-state index contributed by atoms with van der Waals surface area (Å²) in [4.78, 5) is 11.5. The van der Waals surface area contributed by atoms with Crippen LogP contribution in [0.1, 0.15) is 18.4 Å². The molecule has 0 unspecified atom stereocenters. The second-order valence-corrected chi connectivity index (χ2v) is 3.88. The topological polar surface area (TPSA) is 26.3 Å². The number of carbonyl (C=O) groups excluding carboxylic acids is 1. The number of benzene rings is 1. The van der Waals surface area contributed by atoms with Crippen molar-refractivity contribution in [1.82, 2.24) is 0 Å². The molecule has 2 nitrogen and oxygen atoms in total. The average molecular weight is 227 g/mol. The van der Waals surface area contributed by atoms with Crippen molar-refractivity contribution in [3.8, 4) is 0 Å². The molecular formula is C12H15ClO2. The summed E-state index contributed by atoms with van der Waals surface area (Å²) in [5.41, 5.74) is 0.977. The molecule has 0 aliphatic heterocycles. The van der Waals surface area contributed by atoms with Crippen LogP contribution in [-0.4, -0.2) is 19.5 Å². The lowest BCUT2D eigenvalue weighted by Gasteiger charge is -2.01. The minimum Gasteiger partial charge on any atom is -0.385 e. The summed E-state index contributed by atoms with van der Waals surface area (Å²) in [5, 5.41) is 0.678. The Bertz CT molecular complexity index is 323. The van der Waals surface area contributed by atoms with Crippen LogP contribution in [0.3, 0.4) is 0 Å². The average Bonchev–Trinajstić information content (AvgIpc) is 2.18. The van der Waals surface area contributed by atoms with Crippen molar-refractivity contribution < 1.29 is 9.53 Å². The van der Waals surface area contributed by atoms with Crippen LogP contribution < -0.4 is 0 Å². The Morgan fingerprint density at radius 1 is 1.47 bits per heavy atom. The van der Waals surface area contributed by atoms with E-state index in [1.165, 1.54) is 0 Å². The van der Waals surface area contributed by atoms with E-state index in [1.807, 2.05) is 18.2 Å². The summed E-state index contributed by atoms with van der Waals surface area (Å²) in [6.07, 6.45) is 1.82. The van der Waals surface area contributed by atoms with Gasteiger partial charge >= 0.3 is 0 Å². The van der Waals surface area contributed by atoms with Crippen molar-refractivity contribution in [2.24, 2.45) is 0 Å². The second kappa shape index (κ2) is 6.59. The van der Waals surface area contributed by atoms with E-state index in [-0.39, 0.29) is 5.78 Å². The monoisotopic (exact) mass is 226 g/mol. The van der Waals surface area contributed by atoms with Gasteiger partial charge in [-0.3, -0.25) is 4.79 Å². The van der Waals surface area contributed by atoms with Crippen molar-refractivity contribution in [1.29, 1.82) is 0 Å². The number of halogens is 1. The largest absolute Gasteiger partial charge is 0.385 e. The smallest absolute Gasteiger partial charge is 0.137 e. The van der Waals surface area contributed by atoms with Crippen LogP contribution in [0, 0.1) is 0 Å². The molecule has 0 saturated carbocycles. The van der Waals surface area contributed by atoms with E-state index in [0.29, 0.717) is 24.5 Å². The fraction of sp³-hybridized carbons (Fsp3) is 0.417. The molecule has 0 fully saturated rings. The van der Waals surface area contributed by atoms with Gasteiger partial charge in [-0.25, -0.2) is 0 Å². The van der Waals surface area contributed by atoms with Crippen molar-refractivity contribution >= 4 is 17.4 Å². The van der Waals surface area contributed by atoms with E-state index in [4.69, 9.17) is 16.3 Å². The van der Waals surface area contributed by atoms with Gasteiger partial charge in [0.1, 0.15) is 5.78 Å². The van der Waals surface area contributed by atoms with Crippen LogP contribution in [0.15, 0.2) is 24.3 Å². The van der Waals surface area contributed by atoms with Crippen molar-refractivity contribution in [2.45, 2.75) is 19.3 Å². The molecule has 1 aromatic carbocycles. The third kappa shape index (κ3) is 4.96. The summed E-state index contributed by atoms with van der Waals surface area (Å²) >= 11 is 5.82. The Labute approximate surface area is 95.2 Å². The first-order valence-electron chi connectivity index (χ1n) is 4.97. The lowest BCUT2D eigenvalue weighted by molar-refractivity contribution is -0.118. The van der Waals surface area contributed by atoms with Crippen LogP contribution in [0.25, 0.3) is 0 Å². The Morgan fingerprint density at radius 2 is 2.27 bits per heavy atom. The Kier molecular flexibility index (Phi) is 5.37. The van der Waals surface area contributed by atoms with E-state index >= 15 is 0 Å². The van der Waals surface area contributed by atoms with Gasteiger partial charge < -0.3 is 4.74 Å². The molecule has 82 valence electrons. The number of carbonyl (C=O) groups is 1. The lowest BCUT2D eigenvalue weighted by atomic mass is 10.1. The Morgan fingerprint density at radius 3 is 2.93 bits per heavy atom. The van der Waals surface area contributed by atoms with Gasteiger partial charge in [-0.2, -0.15) is 0 Å². The van der Waals surface area contributed by atoms with Crippen LogP contribution in [0.4, 0.5) is 0 Å². The Balaban J connectivity index is 2.37. The second-order valence-electron chi connectivity index (χ2n) is 3.44. The van der Waals surface area contributed by atoms with Gasteiger partial charge in [-0.05, 0) is 24.1 Å². The van der Waals surface area contributed by atoms with E-state index in [2.05, 4.69) is 0 Å². The van der Waals surface area contributed by atoms with Crippen LogP contribution in [0.5, 0.6) is 0 Å². The molecular weight excluding hydrogens is 212 g/mol. The SMILES string of the molecule is COCCCC(=O)Cc1cccc(Cl)c1. The van der Waals surface area contributed by atoms with Crippen molar-refractivity contribution in [3.05, 3.63) is 34.9 Å². The summed E-state index contributed by atoms with van der Waals surface area (Å²) in [5.74, 6) is 0.231. The predicted octanol–water partition coefficient (Wildman–Crippen LogP) is 2.88. The van der Waals surface area contributed by atoms with Crippen molar-refractivity contribution in [3.63, 3.8) is 0 Å². The molecule has 1 rings (SSSR count). The first-order valence-corrected chi connectivity index (χ1v) is 5.35. The number of methoxy groups -OCH3 is 1. The summed E-state index contributed by atoms with van der Waals surface area (Å²) in [6.45, 7) is 0.640. The molecule has 0 aliphatic rings. The summed E-state index contributed by atoms with van der Waals surface area (Å²) in [7, 11) is 1.64. The quantitative estimate of drug-likeness (QED) is 0.698.